The SMILES string of the molecule is CCN(CC)C(=O)c1ccc2c(c1)N(CC(=O)Nc1ccc(C(C)=O)cc1)C(=O)CO2. The second-order valence-corrected chi connectivity index (χ2v) is 7.11. The summed E-state index contributed by atoms with van der Waals surface area (Å²) in [6, 6.07) is 11.4. The van der Waals surface area contributed by atoms with Gasteiger partial charge in [0.15, 0.2) is 12.4 Å². The molecule has 1 heterocycles. The Balaban J connectivity index is 1.79. The van der Waals surface area contributed by atoms with Crippen LogP contribution in [0.2, 0.25) is 0 Å². The van der Waals surface area contributed by atoms with Gasteiger partial charge in [-0.2, -0.15) is 0 Å². The van der Waals surface area contributed by atoms with Crippen molar-refractivity contribution in [3.8, 4) is 5.75 Å². The molecule has 1 aliphatic heterocycles. The molecule has 0 saturated carbocycles. The van der Waals surface area contributed by atoms with Gasteiger partial charge in [0, 0.05) is 29.9 Å². The van der Waals surface area contributed by atoms with Gasteiger partial charge in [0.25, 0.3) is 11.8 Å². The Morgan fingerprint density at radius 2 is 1.68 bits per heavy atom. The Hall–Kier alpha value is -3.68. The fourth-order valence-electron chi connectivity index (χ4n) is 3.33. The number of ether oxygens (including phenoxy) is 1. The van der Waals surface area contributed by atoms with Gasteiger partial charge in [0.05, 0.1) is 5.69 Å². The number of fused-ring (bicyclic) bond motifs is 1. The summed E-state index contributed by atoms with van der Waals surface area (Å²) in [6.45, 7) is 5.97. The summed E-state index contributed by atoms with van der Waals surface area (Å²) in [4.78, 5) is 52.1. The number of amides is 3. The van der Waals surface area contributed by atoms with E-state index >= 15 is 0 Å². The molecule has 0 aromatic heterocycles. The number of rotatable bonds is 7. The molecule has 0 saturated heterocycles. The molecule has 8 heteroatoms. The van der Waals surface area contributed by atoms with Crippen LogP contribution in [0, 0.1) is 0 Å². The average Bonchev–Trinajstić information content (AvgIpc) is 2.76. The second kappa shape index (κ2) is 9.42. The molecule has 0 fully saturated rings. The molecule has 3 rings (SSSR count). The van der Waals surface area contributed by atoms with E-state index in [1.165, 1.54) is 11.8 Å². The summed E-state index contributed by atoms with van der Waals surface area (Å²) in [7, 11) is 0. The Morgan fingerprint density at radius 3 is 2.29 bits per heavy atom. The Kier molecular flexibility index (Phi) is 6.69. The third kappa shape index (κ3) is 4.91. The predicted molar refractivity (Wildman–Crippen MR) is 117 cm³/mol. The first-order valence-electron chi connectivity index (χ1n) is 10.1. The van der Waals surface area contributed by atoms with E-state index in [-0.39, 0.29) is 30.7 Å². The maximum atomic E-state index is 12.7. The van der Waals surface area contributed by atoms with Crippen LogP contribution in [-0.4, -0.2) is 54.6 Å². The zero-order valence-corrected chi connectivity index (χ0v) is 17.8. The van der Waals surface area contributed by atoms with Crippen molar-refractivity contribution in [3.05, 3.63) is 53.6 Å². The first-order valence-corrected chi connectivity index (χ1v) is 10.1. The van der Waals surface area contributed by atoms with Crippen molar-refractivity contribution < 1.29 is 23.9 Å². The van der Waals surface area contributed by atoms with E-state index in [0.29, 0.717) is 41.3 Å². The highest BCUT2D eigenvalue weighted by molar-refractivity contribution is 6.06. The molecule has 2 aromatic rings. The predicted octanol–water partition coefficient (Wildman–Crippen LogP) is 2.74. The molecular formula is C23H25N3O5. The number of hydrogen-bond acceptors (Lipinski definition) is 5. The average molecular weight is 423 g/mol. The molecule has 0 bridgehead atoms. The normalized spacial score (nSPS) is 12.6. The lowest BCUT2D eigenvalue weighted by Crippen LogP contribution is -2.43. The fourth-order valence-corrected chi connectivity index (χ4v) is 3.33. The lowest BCUT2D eigenvalue weighted by atomic mass is 10.1. The van der Waals surface area contributed by atoms with Crippen LogP contribution >= 0.6 is 0 Å². The van der Waals surface area contributed by atoms with Crippen LogP contribution in [0.25, 0.3) is 0 Å². The summed E-state index contributed by atoms with van der Waals surface area (Å²) in [5, 5.41) is 2.72. The largest absolute Gasteiger partial charge is 0.482 e. The highest BCUT2D eigenvalue weighted by atomic mass is 16.5. The van der Waals surface area contributed by atoms with Crippen molar-refractivity contribution >= 4 is 34.9 Å². The van der Waals surface area contributed by atoms with Gasteiger partial charge in [-0.15, -0.1) is 0 Å². The van der Waals surface area contributed by atoms with E-state index < -0.39 is 5.91 Å². The van der Waals surface area contributed by atoms with E-state index in [1.807, 2.05) is 13.8 Å². The van der Waals surface area contributed by atoms with Gasteiger partial charge in [-0.25, -0.2) is 0 Å². The quantitative estimate of drug-likeness (QED) is 0.691. The van der Waals surface area contributed by atoms with Crippen LogP contribution < -0.4 is 15.0 Å². The van der Waals surface area contributed by atoms with E-state index in [9.17, 15) is 19.2 Å². The van der Waals surface area contributed by atoms with Crippen molar-refractivity contribution in [2.75, 3.05) is 36.5 Å². The number of carbonyl (C=O) groups is 4. The van der Waals surface area contributed by atoms with Crippen molar-refractivity contribution in [2.24, 2.45) is 0 Å². The Bertz CT molecular complexity index is 1010. The van der Waals surface area contributed by atoms with Crippen LogP contribution in [0.3, 0.4) is 0 Å². The lowest BCUT2D eigenvalue weighted by Gasteiger charge is -2.29. The molecule has 3 amide bonds. The molecule has 0 radical (unpaired) electrons. The lowest BCUT2D eigenvalue weighted by molar-refractivity contribution is -0.123. The van der Waals surface area contributed by atoms with Crippen LogP contribution in [0.5, 0.6) is 5.75 Å². The van der Waals surface area contributed by atoms with Crippen LogP contribution in [0.15, 0.2) is 42.5 Å². The summed E-state index contributed by atoms with van der Waals surface area (Å²) in [6.07, 6.45) is 0. The Morgan fingerprint density at radius 1 is 1.03 bits per heavy atom. The van der Waals surface area contributed by atoms with E-state index in [4.69, 9.17) is 4.74 Å². The van der Waals surface area contributed by atoms with Gasteiger partial charge < -0.3 is 15.0 Å². The van der Waals surface area contributed by atoms with Crippen molar-refractivity contribution in [1.82, 2.24) is 4.90 Å². The zero-order chi connectivity index (χ0) is 22.5. The van der Waals surface area contributed by atoms with Crippen LogP contribution in [0.1, 0.15) is 41.5 Å². The number of ketones is 1. The molecule has 8 nitrogen and oxygen atoms in total. The summed E-state index contributed by atoms with van der Waals surface area (Å²) < 4.78 is 5.47. The van der Waals surface area contributed by atoms with Crippen LogP contribution in [0.4, 0.5) is 11.4 Å². The highest BCUT2D eigenvalue weighted by Crippen LogP contribution is 2.33. The molecule has 0 unspecified atom stereocenters. The number of hydrogen-bond donors (Lipinski definition) is 1. The van der Waals surface area contributed by atoms with E-state index in [1.54, 1.807) is 47.4 Å². The van der Waals surface area contributed by atoms with Gasteiger partial charge in [0.2, 0.25) is 5.91 Å². The fraction of sp³-hybridized carbons (Fsp3) is 0.304. The van der Waals surface area contributed by atoms with Gasteiger partial charge in [0.1, 0.15) is 12.3 Å². The summed E-state index contributed by atoms with van der Waals surface area (Å²) >= 11 is 0. The summed E-state index contributed by atoms with van der Waals surface area (Å²) in [5.41, 5.74) is 1.87. The monoisotopic (exact) mass is 423 g/mol. The van der Waals surface area contributed by atoms with E-state index in [2.05, 4.69) is 5.32 Å². The minimum atomic E-state index is -0.405. The molecule has 1 aliphatic rings. The molecule has 1 N–H and O–H groups in total. The minimum absolute atomic E-state index is 0.0662. The maximum absolute atomic E-state index is 12.7. The number of anilines is 2. The van der Waals surface area contributed by atoms with Crippen molar-refractivity contribution in [3.63, 3.8) is 0 Å². The third-order valence-corrected chi connectivity index (χ3v) is 5.08. The van der Waals surface area contributed by atoms with Gasteiger partial charge >= 0.3 is 0 Å². The zero-order valence-electron chi connectivity index (χ0n) is 17.8. The number of nitrogens with zero attached hydrogens (tertiary/aromatic N) is 2. The maximum Gasteiger partial charge on any atom is 0.265 e. The molecule has 31 heavy (non-hydrogen) atoms. The number of benzene rings is 2. The third-order valence-electron chi connectivity index (χ3n) is 5.08. The topological polar surface area (TPSA) is 96.0 Å². The van der Waals surface area contributed by atoms with Gasteiger partial charge in [-0.3, -0.25) is 24.1 Å². The molecule has 0 aliphatic carbocycles. The number of nitrogens with one attached hydrogen (secondary N) is 1. The summed E-state index contributed by atoms with van der Waals surface area (Å²) in [5.74, 6) is -0.558. The molecular weight excluding hydrogens is 398 g/mol. The van der Waals surface area contributed by atoms with Gasteiger partial charge in [-0.1, -0.05) is 0 Å². The van der Waals surface area contributed by atoms with Crippen molar-refractivity contribution in [2.45, 2.75) is 20.8 Å². The minimum Gasteiger partial charge on any atom is -0.482 e. The number of carbonyl (C=O) groups excluding carboxylic acids is 4. The standard InChI is InChI=1S/C23H25N3O5/c1-4-25(5-2)23(30)17-8-11-20-19(12-17)26(22(29)14-31-20)13-21(28)24-18-9-6-16(7-10-18)15(3)27/h6-12H,4-5,13-14H2,1-3H3,(H,24,28). The van der Waals surface area contributed by atoms with Gasteiger partial charge in [-0.05, 0) is 63.2 Å². The van der Waals surface area contributed by atoms with E-state index in [0.717, 1.165) is 0 Å². The first kappa shape index (κ1) is 22.0. The first-order chi connectivity index (χ1) is 14.8. The molecule has 0 spiro atoms. The smallest absolute Gasteiger partial charge is 0.265 e. The Labute approximate surface area is 180 Å². The molecule has 0 atom stereocenters. The number of Topliss-reactive ketones (excluding diaryl/α,β-unsaturated/α-hetero) is 1. The van der Waals surface area contributed by atoms with Crippen molar-refractivity contribution in [1.29, 1.82) is 0 Å². The molecule has 162 valence electrons. The highest BCUT2D eigenvalue weighted by Gasteiger charge is 2.29. The van der Waals surface area contributed by atoms with Crippen LogP contribution in [-0.2, 0) is 9.59 Å². The second-order valence-electron chi connectivity index (χ2n) is 7.11. The molecule has 2 aromatic carbocycles.